The summed E-state index contributed by atoms with van der Waals surface area (Å²) in [4.78, 5) is 27.7. The van der Waals surface area contributed by atoms with Crippen LogP contribution in [-0.2, 0) is 9.59 Å². The Bertz CT molecular complexity index is 597. The first-order chi connectivity index (χ1) is 10.7. The van der Waals surface area contributed by atoms with Gasteiger partial charge in [0.25, 0.3) is 0 Å². The molecule has 22 heavy (non-hydrogen) atoms. The summed E-state index contributed by atoms with van der Waals surface area (Å²) >= 11 is 1.43. The Morgan fingerprint density at radius 3 is 2.77 bits per heavy atom. The van der Waals surface area contributed by atoms with Gasteiger partial charge in [0.05, 0.1) is 5.69 Å². The Morgan fingerprint density at radius 2 is 2.14 bits per heavy atom. The zero-order chi connectivity index (χ0) is 15.9. The average Bonchev–Trinajstić information content (AvgIpc) is 3.03. The summed E-state index contributed by atoms with van der Waals surface area (Å²) in [5.74, 6) is -0.228. The maximum atomic E-state index is 12.1. The van der Waals surface area contributed by atoms with Gasteiger partial charge in [-0.1, -0.05) is 6.58 Å². The number of rotatable bonds is 5. The molecule has 2 amide bonds. The predicted molar refractivity (Wildman–Crippen MR) is 85.7 cm³/mol. The smallest absolute Gasteiger partial charge is 0.243 e. The van der Waals surface area contributed by atoms with Crippen LogP contribution in [0.3, 0.4) is 0 Å². The Balaban J connectivity index is 1.79. The molecule has 1 aromatic rings. The van der Waals surface area contributed by atoms with Crippen LogP contribution in [0.5, 0.6) is 0 Å². The zero-order valence-corrected chi connectivity index (χ0v) is 13.1. The topological polar surface area (TPSA) is 76.4 Å². The zero-order valence-electron chi connectivity index (χ0n) is 12.2. The van der Waals surface area contributed by atoms with Crippen molar-refractivity contribution in [2.75, 3.05) is 37.6 Å². The van der Waals surface area contributed by atoms with Crippen molar-refractivity contribution in [3.8, 4) is 6.07 Å². The van der Waals surface area contributed by atoms with E-state index in [0.717, 1.165) is 18.8 Å². The van der Waals surface area contributed by atoms with E-state index in [2.05, 4.69) is 22.9 Å². The molecule has 0 aliphatic carbocycles. The van der Waals surface area contributed by atoms with E-state index in [1.807, 2.05) is 11.4 Å². The van der Waals surface area contributed by atoms with Crippen molar-refractivity contribution in [2.24, 2.45) is 0 Å². The predicted octanol–water partition coefficient (Wildman–Crippen LogP) is 0.961. The van der Waals surface area contributed by atoms with Crippen LogP contribution in [0.25, 0.3) is 0 Å². The summed E-state index contributed by atoms with van der Waals surface area (Å²) < 4.78 is 0. The van der Waals surface area contributed by atoms with Gasteiger partial charge in [-0.25, -0.2) is 0 Å². The summed E-state index contributed by atoms with van der Waals surface area (Å²) in [6.45, 7) is 6.39. The van der Waals surface area contributed by atoms with Gasteiger partial charge in [0.15, 0.2) is 0 Å². The van der Waals surface area contributed by atoms with Gasteiger partial charge in [0, 0.05) is 39.1 Å². The summed E-state index contributed by atoms with van der Waals surface area (Å²) in [5, 5.41) is 13.6. The number of nitrogens with one attached hydrogen (secondary N) is 1. The highest BCUT2D eigenvalue weighted by molar-refractivity contribution is 7.11. The van der Waals surface area contributed by atoms with Gasteiger partial charge in [0.1, 0.15) is 10.9 Å². The molecule has 1 fully saturated rings. The molecule has 0 saturated carbocycles. The molecule has 116 valence electrons. The maximum absolute atomic E-state index is 12.1. The summed E-state index contributed by atoms with van der Waals surface area (Å²) in [7, 11) is 0. The van der Waals surface area contributed by atoms with Gasteiger partial charge in [-0.3, -0.25) is 9.59 Å². The lowest BCUT2D eigenvalue weighted by atomic mass is 10.2. The van der Waals surface area contributed by atoms with E-state index in [1.165, 1.54) is 17.4 Å². The summed E-state index contributed by atoms with van der Waals surface area (Å²) in [5.41, 5.74) is 0.956. The third kappa shape index (κ3) is 3.86. The van der Waals surface area contributed by atoms with Crippen LogP contribution >= 0.6 is 11.3 Å². The van der Waals surface area contributed by atoms with Crippen LogP contribution in [-0.4, -0.2) is 49.4 Å². The van der Waals surface area contributed by atoms with Crippen molar-refractivity contribution in [1.82, 2.24) is 10.2 Å². The van der Waals surface area contributed by atoms with Crippen molar-refractivity contribution < 1.29 is 9.59 Å². The van der Waals surface area contributed by atoms with E-state index in [9.17, 15) is 9.59 Å². The van der Waals surface area contributed by atoms with Gasteiger partial charge in [0.2, 0.25) is 11.8 Å². The van der Waals surface area contributed by atoms with Crippen LogP contribution in [0.2, 0.25) is 0 Å². The number of anilines is 1. The molecule has 0 unspecified atom stereocenters. The highest BCUT2D eigenvalue weighted by Crippen LogP contribution is 2.26. The number of nitrogens with zero attached hydrogens (tertiary/aromatic N) is 3. The number of carbonyl (C=O) groups is 2. The summed E-state index contributed by atoms with van der Waals surface area (Å²) in [6, 6.07) is 4.15. The van der Waals surface area contributed by atoms with Gasteiger partial charge < -0.3 is 15.1 Å². The standard InChI is InChI=1S/C15H18N4O2S/c1-2-14(20)17-5-3-15(21)19-8-6-18(7-9-19)12-4-10-22-13(12)11-16/h2,4,10H,1,3,5-9H2,(H,17,20). The van der Waals surface area contributed by atoms with E-state index in [0.29, 0.717) is 30.9 Å². The molecule has 0 spiro atoms. The van der Waals surface area contributed by atoms with Crippen molar-refractivity contribution in [3.05, 3.63) is 29.0 Å². The third-order valence-electron chi connectivity index (χ3n) is 3.54. The third-order valence-corrected chi connectivity index (χ3v) is 4.35. The van der Waals surface area contributed by atoms with Crippen LogP contribution in [0, 0.1) is 11.3 Å². The summed E-state index contributed by atoms with van der Waals surface area (Å²) in [6.07, 6.45) is 1.48. The highest BCUT2D eigenvalue weighted by atomic mass is 32.1. The Morgan fingerprint density at radius 1 is 1.41 bits per heavy atom. The lowest BCUT2D eigenvalue weighted by molar-refractivity contribution is -0.131. The van der Waals surface area contributed by atoms with E-state index in [1.54, 1.807) is 4.90 Å². The number of amides is 2. The lowest BCUT2D eigenvalue weighted by Gasteiger charge is -2.35. The molecular formula is C15H18N4O2S. The molecule has 1 N–H and O–H groups in total. The first-order valence-corrected chi connectivity index (χ1v) is 7.94. The molecule has 1 aromatic heterocycles. The first-order valence-electron chi connectivity index (χ1n) is 7.06. The quantitative estimate of drug-likeness (QED) is 0.821. The van der Waals surface area contributed by atoms with Crippen LogP contribution < -0.4 is 10.2 Å². The molecule has 0 atom stereocenters. The van der Waals surface area contributed by atoms with Crippen LogP contribution in [0.15, 0.2) is 24.1 Å². The minimum atomic E-state index is -0.265. The number of piperazine rings is 1. The molecule has 2 heterocycles. The molecule has 1 aliphatic rings. The number of hydrogen-bond donors (Lipinski definition) is 1. The number of thiophene rings is 1. The van der Waals surface area contributed by atoms with E-state index >= 15 is 0 Å². The fourth-order valence-corrected chi connectivity index (χ4v) is 3.06. The van der Waals surface area contributed by atoms with Crippen LogP contribution in [0.4, 0.5) is 5.69 Å². The first kappa shape index (κ1) is 16.0. The van der Waals surface area contributed by atoms with E-state index in [4.69, 9.17) is 5.26 Å². The second-order valence-electron chi connectivity index (χ2n) is 4.86. The van der Waals surface area contributed by atoms with Crippen molar-refractivity contribution in [2.45, 2.75) is 6.42 Å². The molecule has 6 nitrogen and oxygen atoms in total. The van der Waals surface area contributed by atoms with Gasteiger partial charge >= 0.3 is 0 Å². The monoisotopic (exact) mass is 318 g/mol. The maximum Gasteiger partial charge on any atom is 0.243 e. The SMILES string of the molecule is C=CC(=O)NCCC(=O)N1CCN(c2ccsc2C#N)CC1. The average molecular weight is 318 g/mol. The largest absolute Gasteiger partial charge is 0.366 e. The normalized spacial score (nSPS) is 14.3. The Kier molecular flexibility index (Phi) is 5.55. The molecule has 0 bridgehead atoms. The molecule has 0 radical (unpaired) electrons. The minimum absolute atomic E-state index is 0.0369. The highest BCUT2D eigenvalue weighted by Gasteiger charge is 2.22. The molecule has 2 rings (SSSR count). The number of carbonyl (C=O) groups excluding carboxylic acids is 2. The molecule has 0 aromatic carbocycles. The fraction of sp³-hybridized carbons (Fsp3) is 0.400. The fourth-order valence-electron chi connectivity index (χ4n) is 2.35. The minimum Gasteiger partial charge on any atom is -0.366 e. The van der Waals surface area contributed by atoms with Crippen LogP contribution in [0.1, 0.15) is 11.3 Å². The van der Waals surface area contributed by atoms with Crippen molar-refractivity contribution >= 4 is 28.8 Å². The second-order valence-corrected chi connectivity index (χ2v) is 5.78. The Labute approximate surface area is 133 Å². The van der Waals surface area contributed by atoms with Gasteiger partial charge in [-0.15, -0.1) is 11.3 Å². The molecular weight excluding hydrogens is 300 g/mol. The van der Waals surface area contributed by atoms with Crippen molar-refractivity contribution in [1.29, 1.82) is 5.26 Å². The number of nitriles is 1. The lowest BCUT2D eigenvalue weighted by Crippen LogP contribution is -2.49. The van der Waals surface area contributed by atoms with Crippen molar-refractivity contribution in [3.63, 3.8) is 0 Å². The Hall–Kier alpha value is -2.33. The molecule has 7 heteroatoms. The number of hydrogen-bond acceptors (Lipinski definition) is 5. The van der Waals surface area contributed by atoms with E-state index < -0.39 is 0 Å². The van der Waals surface area contributed by atoms with Gasteiger partial charge in [-0.2, -0.15) is 5.26 Å². The second kappa shape index (κ2) is 7.61. The van der Waals surface area contributed by atoms with Gasteiger partial charge in [-0.05, 0) is 17.5 Å². The van der Waals surface area contributed by atoms with E-state index in [-0.39, 0.29) is 11.8 Å². The molecule has 1 saturated heterocycles. The molecule has 1 aliphatic heterocycles.